The van der Waals surface area contributed by atoms with Crippen LogP contribution in [0.4, 0.5) is 5.69 Å². The molecule has 0 spiro atoms. The van der Waals surface area contributed by atoms with Gasteiger partial charge in [-0.1, -0.05) is 6.07 Å². The van der Waals surface area contributed by atoms with E-state index < -0.39 is 0 Å². The van der Waals surface area contributed by atoms with Gasteiger partial charge in [0.1, 0.15) is 0 Å². The summed E-state index contributed by atoms with van der Waals surface area (Å²) < 4.78 is 0. The number of nitrogens with one attached hydrogen (secondary N) is 2. The van der Waals surface area contributed by atoms with E-state index in [0.717, 1.165) is 5.56 Å². The molecule has 0 saturated carbocycles. The van der Waals surface area contributed by atoms with Crippen molar-refractivity contribution in [3.05, 3.63) is 29.3 Å². The van der Waals surface area contributed by atoms with Crippen LogP contribution < -0.4 is 10.6 Å². The molecular weight excluding hydrogens is 266 g/mol. The number of likely N-dealkylation sites (N-methyl/N-ethyl adjacent to an activating group) is 1. The number of amides is 2. The number of nitrogens with zero attached hydrogens (tertiary/aromatic N) is 1. The van der Waals surface area contributed by atoms with Crippen LogP contribution in [0, 0.1) is 6.92 Å². The molecule has 21 heavy (non-hydrogen) atoms. The third kappa shape index (κ3) is 5.55. The molecule has 2 N–H and O–H groups in total. The summed E-state index contributed by atoms with van der Waals surface area (Å²) in [5, 5.41) is 5.77. The van der Waals surface area contributed by atoms with E-state index in [0.29, 0.717) is 17.8 Å². The quantitative estimate of drug-likeness (QED) is 0.892. The van der Waals surface area contributed by atoms with E-state index >= 15 is 0 Å². The Morgan fingerprint density at radius 2 is 1.81 bits per heavy atom. The van der Waals surface area contributed by atoms with E-state index in [4.69, 9.17) is 0 Å². The summed E-state index contributed by atoms with van der Waals surface area (Å²) in [7, 11) is 3.67. The average molecular weight is 291 g/mol. The van der Waals surface area contributed by atoms with E-state index in [1.165, 1.54) is 0 Å². The van der Waals surface area contributed by atoms with E-state index in [1.807, 2.05) is 41.8 Å². The Balaban J connectivity index is 2.93. The first-order valence-electron chi connectivity index (χ1n) is 6.97. The molecule has 2 amide bonds. The van der Waals surface area contributed by atoms with Crippen LogP contribution in [0.25, 0.3) is 0 Å². The first-order chi connectivity index (χ1) is 9.60. The van der Waals surface area contributed by atoms with Crippen LogP contribution >= 0.6 is 0 Å². The van der Waals surface area contributed by atoms with Gasteiger partial charge in [-0.05, 0) is 59.5 Å². The van der Waals surface area contributed by atoms with E-state index in [-0.39, 0.29) is 17.4 Å². The third-order valence-corrected chi connectivity index (χ3v) is 2.80. The first-order valence-corrected chi connectivity index (χ1v) is 6.97. The van der Waals surface area contributed by atoms with Gasteiger partial charge in [-0.2, -0.15) is 0 Å². The van der Waals surface area contributed by atoms with Crippen LogP contribution in [0.2, 0.25) is 0 Å². The molecule has 0 fully saturated rings. The highest BCUT2D eigenvalue weighted by molar-refractivity contribution is 5.99. The van der Waals surface area contributed by atoms with Gasteiger partial charge >= 0.3 is 0 Å². The van der Waals surface area contributed by atoms with Gasteiger partial charge in [0.25, 0.3) is 5.91 Å². The van der Waals surface area contributed by atoms with Crippen molar-refractivity contribution in [2.24, 2.45) is 0 Å². The third-order valence-electron chi connectivity index (χ3n) is 2.80. The number of hydrogen-bond acceptors (Lipinski definition) is 3. The van der Waals surface area contributed by atoms with Crippen molar-refractivity contribution in [2.45, 2.75) is 33.2 Å². The van der Waals surface area contributed by atoms with Crippen LogP contribution in [0.15, 0.2) is 18.2 Å². The van der Waals surface area contributed by atoms with Gasteiger partial charge in [-0.25, -0.2) is 0 Å². The summed E-state index contributed by atoms with van der Waals surface area (Å²) >= 11 is 0. The highest BCUT2D eigenvalue weighted by Crippen LogP contribution is 2.19. The van der Waals surface area contributed by atoms with Crippen molar-refractivity contribution in [2.75, 3.05) is 26.0 Å². The minimum Gasteiger partial charge on any atom is -0.347 e. The van der Waals surface area contributed by atoms with Crippen LogP contribution in [0.5, 0.6) is 0 Å². The number of hydrogen-bond donors (Lipinski definition) is 2. The molecule has 1 aromatic carbocycles. The smallest absolute Gasteiger partial charge is 0.252 e. The van der Waals surface area contributed by atoms with Crippen molar-refractivity contribution >= 4 is 17.5 Å². The van der Waals surface area contributed by atoms with Crippen molar-refractivity contribution < 1.29 is 9.59 Å². The lowest BCUT2D eigenvalue weighted by atomic mass is 10.0. The molecule has 0 aliphatic carbocycles. The first kappa shape index (κ1) is 17.2. The maximum Gasteiger partial charge on any atom is 0.252 e. The Labute approximate surface area is 126 Å². The van der Waals surface area contributed by atoms with Crippen LogP contribution in [-0.4, -0.2) is 42.9 Å². The SMILES string of the molecule is Cc1c(NC(=O)CN(C)C)cccc1C(=O)NC(C)(C)C. The number of carbonyl (C=O) groups is 2. The van der Waals surface area contributed by atoms with Gasteiger partial charge in [0.2, 0.25) is 5.91 Å². The second-order valence-corrected chi connectivity index (χ2v) is 6.47. The van der Waals surface area contributed by atoms with Crippen LogP contribution in [-0.2, 0) is 4.79 Å². The fourth-order valence-electron chi connectivity index (χ4n) is 1.90. The minimum absolute atomic E-state index is 0.100. The Morgan fingerprint density at radius 1 is 1.19 bits per heavy atom. The number of anilines is 1. The molecule has 0 aliphatic rings. The molecule has 1 rings (SSSR count). The second kappa shape index (κ2) is 6.72. The van der Waals surface area contributed by atoms with Crippen molar-refractivity contribution in [3.63, 3.8) is 0 Å². The van der Waals surface area contributed by atoms with Gasteiger partial charge < -0.3 is 15.5 Å². The van der Waals surface area contributed by atoms with Gasteiger partial charge in [-0.3, -0.25) is 9.59 Å². The lowest BCUT2D eigenvalue weighted by molar-refractivity contribution is -0.116. The van der Waals surface area contributed by atoms with Crippen molar-refractivity contribution in [1.82, 2.24) is 10.2 Å². The normalized spacial score (nSPS) is 11.4. The maximum absolute atomic E-state index is 12.3. The summed E-state index contributed by atoms with van der Waals surface area (Å²) in [5.41, 5.74) is 1.72. The Kier molecular flexibility index (Phi) is 5.49. The van der Waals surface area contributed by atoms with Gasteiger partial charge in [0.05, 0.1) is 6.54 Å². The summed E-state index contributed by atoms with van der Waals surface area (Å²) in [4.78, 5) is 25.9. The Bertz CT molecular complexity index is 531. The lowest BCUT2D eigenvalue weighted by Gasteiger charge is -2.22. The van der Waals surface area contributed by atoms with Gasteiger partial charge in [-0.15, -0.1) is 0 Å². The topological polar surface area (TPSA) is 61.4 Å². The molecule has 0 unspecified atom stereocenters. The summed E-state index contributed by atoms with van der Waals surface area (Å²) in [6.45, 7) is 7.94. The van der Waals surface area contributed by atoms with E-state index in [2.05, 4.69) is 10.6 Å². The maximum atomic E-state index is 12.3. The molecule has 0 aromatic heterocycles. The average Bonchev–Trinajstić information content (AvgIpc) is 2.28. The molecule has 0 radical (unpaired) electrons. The molecule has 0 bridgehead atoms. The van der Waals surface area contributed by atoms with Crippen molar-refractivity contribution in [1.29, 1.82) is 0 Å². The summed E-state index contributed by atoms with van der Waals surface area (Å²) in [6.07, 6.45) is 0. The second-order valence-electron chi connectivity index (χ2n) is 6.47. The zero-order valence-electron chi connectivity index (χ0n) is 13.7. The van der Waals surface area contributed by atoms with Crippen molar-refractivity contribution in [3.8, 4) is 0 Å². The fourth-order valence-corrected chi connectivity index (χ4v) is 1.90. The van der Waals surface area contributed by atoms with E-state index in [9.17, 15) is 9.59 Å². The standard InChI is InChI=1S/C16H25N3O2/c1-11-12(15(21)18-16(2,3)4)8-7-9-13(11)17-14(20)10-19(5)6/h7-9H,10H2,1-6H3,(H,17,20)(H,18,21). The summed E-state index contributed by atoms with van der Waals surface area (Å²) in [5.74, 6) is -0.236. The lowest BCUT2D eigenvalue weighted by Crippen LogP contribution is -2.40. The van der Waals surface area contributed by atoms with Crippen LogP contribution in [0.1, 0.15) is 36.7 Å². The zero-order chi connectivity index (χ0) is 16.2. The zero-order valence-corrected chi connectivity index (χ0v) is 13.7. The minimum atomic E-state index is -0.298. The number of carbonyl (C=O) groups excluding carboxylic acids is 2. The number of benzene rings is 1. The molecule has 5 heteroatoms. The molecule has 1 aromatic rings. The van der Waals surface area contributed by atoms with E-state index in [1.54, 1.807) is 23.1 Å². The number of rotatable bonds is 4. The molecule has 0 saturated heterocycles. The molecule has 116 valence electrons. The summed E-state index contributed by atoms with van der Waals surface area (Å²) in [6, 6.07) is 5.34. The molecular formula is C16H25N3O2. The van der Waals surface area contributed by atoms with Gasteiger partial charge in [0, 0.05) is 16.8 Å². The largest absolute Gasteiger partial charge is 0.347 e. The monoisotopic (exact) mass is 291 g/mol. The van der Waals surface area contributed by atoms with Gasteiger partial charge in [0.15, 0.2) is 0 Å². The molecule has 5 nitrogen and oxygen atoms in total. The highest BCUT2D eigenvalue weighted by atomic mass is 16.2. The highest BCUT2D eigenvalue weighted by Gasteiger charge is 2.18. The predicted octanol–water partition coefficient (Wildman–Crippen LogP) is 2.02. The Hall–Kier alpha value is -1.88. The predicted molar refractivity (Wildman–Crippen MR) is 85.6 cm³/mol. The molecule has 0 atom stereocenters. The molecule has 0 heterocycles. The fraction of sp³-hybridized carbons (Fsp3) is 0.500. The van der Waals surface area contributed by atoms with Crippen LogP contribution in [0.3, 0.4) is 0 Å². The Morgan fingerprint density at radius 3 is 2.33 bits per heavy atom. The molecule has 0 aliphatic heterocycles.